The number of carbonyl (C=O) groups is 1. The number of aromatic nitrogens is 2. The predicted octanol–water partition coefficient (Wildman–Crippen LogP) is 1.09. The molecule has 8 heteroatoms. The molecule has 1 amide bonds. The minimum atomic E-state index is -0.806. The molecule has 1 aliphatic rings. The Balaban J connectivity index is 1.54. The fraction of sp³-hybridized carbons (Fsp3) is 0.421. The van der Waals surface area contributed by atoms with Gasteiger partial charge in [-0.1, -0.05) is 30.3 Å². The van der Waals surface area contributed by atoms with E-state index in [2.05, 4.69) is 22.0 Å². The van der Waals surface area contributed by atoms with Crippen molar-refractivity contribution in [1.82, 2.24) is 19.4 Å². The van der Waals surface area contributed by atoms with Gasteiger partial charge in [0.25, 0.3) is 0 Å². The monoisotopic (exact) mass is 373 g/mol. The summed E-state index contributed by atoms with van der Waals surface area (Å²) in [5.74, 6) is -1.51. The number of likely N-dealkylation sites (N-methyl/N-ethyl adjacent to an activating group) is 1. The molecule has 1 fully saturated rings. The van der Waals surface area contributed by atoms with Crippen molar-refractivity contribution >= 4 is 11.7 Å². The number of halogens is 1. The number of nitrogens with two attached hydrogens (primary N) is 1. The van der Waals surface area contributed by atoms with E-state index >= 15 is 0 Å². The van der Waals surface area contributed by atoms with Crippen LogP contribution in [-0.4, -0.2) is 51.4 Å². The number of nitrogens with zero attached hydrogens (tertiary/aromatic N) is 4. The zero-order chi connectivity index (χ0) is 19.4. The first-order valence-electron chi connectivity index (χ1n) is 8.98. The molecule has 0 spiro atoms. The first-order valence-corrected chi connectivity index (χ1v) is 8.98. The average molecular weight is 373 g/mol. The normalized spacial score (nSPS) is 15.6. The Morgan fingerprint density at radius 1 is 1.30 bits per heavy atom. The van der Waals surface area contributed by atoms with E-state index in [1.807, 2.05) is 18.2 Å². The molecular weight excluding hydrogens is 349 g/mol. The van der Waals surface area contributed by atoms with E-state index in [-0.39, 0.29) is 18.5 Å². The van der Waals surface area contributed by atoms with Gasteiger partial charge in [0.2, 0.25) is 5.91 Å². The Kier molecular flexibility index (Phi) is 5.85. The number of piperidine rings is 1. The van der Waals surface area contributed by atoms with Gasteiger partial charge in [-0.05, 0) is 18.4 Å². The second-order valence-corrected chi connectivity index (χ2v) is 6.88. The Labute approximate surface area is 157 Å². The molecule has 0 saturated carbocycles. The third-order valence-corrected chi connectivity index (χ3v) is 5.03. The van der Waals surface area contributed by atoms with E-state index in [0.29, 0.717) is 0 Å². The standard InChI is InChI=1S/C19H24FN5O2/c1-23(17(26)13-25-12-16(20)18(21)22-19(25)27)15-7-9-24(10-8-15)11-14-5-3-2-4-6-14/h2-6,12,15H,7-11,13H2,1H3,(H2,21,22,27). The Morgan fingerprint density at radius 3 is 2.63 bits per heavy atom. The number of carbonyl (C=O) groups excluding carboxylic acids is 1. The van der Waals surface area contributed by atoms with Crippen molar-refractivity contribution < 1.29 is 9.18 Å². The van der Waals surface area contributed by atoms with Crippen molar-refractivity contribution in [2.24, 2.45) is 0 Å². The molecule has 27 heavy (non-hydrogen) atoms. The molecule has 2 aromatic rings. The zero-order valence-corrected chi connectivity index (χ0v) is 15.3. The van der Waals surface area contributed by atoms with E-state index < -0.39 is 17.3 Å². The maximum Gasteiger partial charge on any atom is 0.350 e. The van der Waals surface area contributed by atoms with Gasteiger partial charge in [-0.25, -0.2) is 9.18 Å². The predicted molar refractivity (Wildman–Crippen MR) is 100 cm³/mol. The molecule has 1 aromatic heterocycles. The van der Waals surface area contributed by atoms with Crippen LogP contribution < -0.4 is 11.4 Å². The fourth-order valence-electron chi connectivity index (χ4n) is 3.36. The van der Waals surface area contributed by atoms with Crippen molar-refractivity contribution in [2.75, 3.05) is 25.9 Å². The molecule has 7 nitrogen and oxygen atoms in total. The van der Waals surface area contributed by atoms with Crippen molar-refractivity contribution in [2.45, 2.75) is 32.0 Å². The van der Waals surface area contributed by atoms with E-state index in [1.54, 1.807) is 11.9 Å². The number of hydrogen-bond donors (Lipinski definition) is 1. The molecule has 3 rings (SSSR count). The topological polar surface area (TPSA) is 84.5 Å². The van der Waals surface area contributed by atoms with Gasteiger partial charge in [0, 0.05) is 38.9 Å². The summed E-state index contributed by atoms with van der Waals surface area (Å²) in [6.07, 6.45) is 2.65. The molecule has 0 atom stereocenters. The van der Waals surface area contributed by atoms with Crippen LogP contribution in [0.25, 0.3) is 0 Å². The van der Waals surface area contributed by atoms with Crippen molar-refractivity contribution in [3.63, 3.8) is 0 Å². The van der Waals surface area contributed by atoms with Crippen LogP contribution in [0.3, 0.4) is 0 Å². The lowest BCUT2D eigenvalue weighted by atomic mass is 10.0. The Hall–Kier alpha value is -2.74. The number of benzene rings is 1. The van der Waals surface area contributed by atoms with Crippen LogP contribution in [0.15, 0.2) is 41.3 Å². The maximum absolute atomic E-state index is 13.5. The van der Waals surface area contributed by atoms with Gasteiger partial charge in [-0.2, -0.15) is 4.98 Å². The van der Waals surface area contributed by atoms with Gasteiger partial charge < -0.3 is 10.6 Å². The zero-order valence-electron chi connectivity index (χ0n) is 15.3. The van der Waals surface area contributed by atoms with Crippen molar-refractivity contribution in [3.05, 3.63) is 58.4 Å². The highest BCUT2D eigenvalue weighted by Crippen LogP contribution is 2.18. The van der Waals surface area contributed by atoms with Crippen LogP contribution >= 0.6 is 0 Å². The summed E-state index contributed by atoms with van der Waals surface area (Å²) >= 11 is 0. The minimum absolute atomic E-state index is 0.104. The van der Waals surface area contributed by atoms with Crippen molar-refractivity contribution in [3.8, 4) is 0 Å². The lowest BCUT2D eigenvalue weighted by molar-refractivity contribution is -0.133. The van der Waals surface area contributed by atoms with Gasteiger partial charge in [-0.3, -0.25) is 14.3 Å². The third-order valence-electron chi connectivity index (χ3n) is 5.03. The summed E-state index contributed by atoms with van der Waals surface area (Å²) in [5.41, 5.74) is 5.81. The van der Waals surface area contributed by atoms with Crippen LogP contribution in [0.5, 0.6) is 0 Å². The number of likely N-dealkylation sites (tertiary alicyclic amines) is 1. The summed E-state index contributed by atoms with van der Waals surface area (Å²) < 4.78 is 14.5. The Morgan fingerprint density at radius 2 is 1.96 bits per heavy atom. The number of hydrogen-bond acceptors (Lipinski definition) is 5. The number of nitrogen functional groups attached to an aromatic ring is 1. The maximum atomic E-state index is 13.5. The van der Waals surface area contributed by atoms with Gasteiger partial charge in [0.15, 0.2) is 11.6 Å². The van der Waals surface area contributed by atoms with Crippen LogP contribution in [0.4, 0.5) is 10.2 Å². The second-order valence-electron chi connectivity index (χ2n) is 6.88. The number of rotatable bonds is 5. The van der Waals surface area contributed by atoms with Crippen LogP contribution in [0, 0.1) is 5.82 Å². The quantitative estimate of drug-likeness (QED) is 0.848. The summed E-state index contributed by atoms with van der Waals surface area (Å²) in [6.45, 7) is 2.45. The SMILES string of the molecule is CN(C(=O)Cn1cc(F)c(N)nc1=O)C1CCN(Cc2ccccc2)CC1. The van der Waals surface area contributed by atoms with Gasteiger partial charge >= 0.3 is 5.69 Å². The smallest absolute Gasteiger partial charge is 0.350 e. The molecular formula is C19H24FN5O2. The highest BCUT2D eigenvalue weighted by Gasteiger charge is 2.25. The van der Waals surface area contributed by atoms with Gasteiger partial charge in [0.05, 0.1) is 0 Å². The average Bonchev–Trinajstić information content (AvgIpc) is 2.67. The first-order chi connectivity index (χ1) is 12.9. The second kappa shape index (κ2) is 8.30. The molecule has 1 aromatic carbocycles. The molecule has 144 valence electrons. The molecule has 2 N–H and O–H groups in total. The fourth-order valence-corrected chi connectivity index (χ4v) is 3.36. The van der Waals surface area contributed by atoms with Crippen LogP contribution in [0.1, 0.15) is 18.4 Å². The molecule has 1 aliphatic heterocycles. The summed E-state index contributed by atoms with van der Waals surface area (Å²) in [5, 5.41) is 0. The molecule has 0 radical (unpaired) electrons. The number of amides is 1. The lowest BCUT2D eigenvalue weighted by Crippen LogP contribution is -2.46. The molecule has 2 heterocycles. The highest BCUT2D eigenvalue weighted by atomic mass is 19.1. The summed E-state index contributed by atoms with van der Waals surface area (Å²) in [4.78, 5) is 31.7. The van der Waals surface area contributed by atoms with E-state index in [9.17, 15) is 14.0 Å². The lowest BCUT2D eigenvalue weighted by Gasteiger charge is -2.36. The summed E-state index contributed by atoms with van der Waals surface area (Å²) in [7, 11) is 1.73. The van der Waals surface area contributed by atoms with Crippen molar-refractivity contribution in [1.29, 1.82) is 0 Å². The Bertz CT molecular complexity index is 847. The third kappa shape index (κ3) is 4.71. The largest absolute Gasteiger partial charge is 0.381 e. The summed E-state index contributed by atoms with van der Waals surface area (Å²) in [6, 6.07) is 10.4. The van der Waals surface area contributed by atoms with E-state index in [0.717, 1.165) is 43.2 Å². The van der Waals surface area contributed by atoms with Gasteiger partial charge in [0.1, 0.15) is 6.54 Å². The molecule has 0 aliphatic carbocycles. The van der Waals surface area contributed by atoms with Gasteiger partial charge in [-0.15, -0.1) is 0 Å². The number of anilines is 1. The van der Waals surface area contributed by atoms with Crippen LogP contribution in [0.2, 0.25) is 0 Å². The molecule has 0 unspecified atom stereocenters. The molecule has 1 saturated heterocycles. The first kappa shape index (κ1) is 19.0. The molecule has 0 bridgehead atoms. The van der Waals surface area contributed by atoms with Crippen LogP contribution in [-0.2, 0) is 17.9 Å². The highest BCUT2D eigenvalue weighted by molar-refractivity contribution is 5.76. The minimum Gasteiger partial charge on any atom is -0.381 e. The van der Waals surface area contributed by atoms with E-state index in [4.69, 9.17) is 5.73 Å². The van der Waals surface area contributed by atoms with E-state index in [1.165, 1.54) is 5.56 Å².